The monoisotopic (exact) mass is 164 g/mol. The summed E-state index contributed by atoms with van der Waals surface area (Å²) in [7, 11) is 0. The van der Waals surface area contributed by atoms with Crippen molar-refractivity contribution in [3.8, 4) is 0 Å². The van der Waals surface area contributed by atoms with E-state index in [-0.39, 0.29) is 0 Å². The van der Waals surface area contributed by atoms with Crippen LogP contribution in [-0.2, 0) is 4.74 Å². The zero-order chi connectivity index (χ0) is 8.39. The topological polar surface area (TPSA) is 48.1 Å². The Hall–Kier alpha value is -1.09. The van der Waals surface area contributed by atoms with Crippen LogP contribution < -0.4 is 5.73 Å². The average Bonchev–Trinajstić information content (AvgIpc) is 2.58. The molecule has 1 fully saturated rings. The molecule has 0 radical (unpaired) electrons. The summed E-state index contributed by atoms with van der Waals surface area (Å²) in [5.74, 6) is 1.11. The molecule has 1 atom stereocenters. The van der Waals surface area contributed by atoms with Crippen LogP contribution in [0.3, 0.4) is 0 Å². The smallest absolute Gasteiger partial charge is 0.123 e. The van der Waals surface area contributed by atoms with Crippen molar-refractivity contribution in [2.75, 3.05) is 18.9 Å². The van der Waals surface area contributed by atoms with Gasteiger partial charge in [0.2, 0.25) is 0 Å². The number of nitrogens with zero attached hydrogens (tertiary/aromatic N) is 1. The normalized spacial score (nSPS) is 22.8. The molecule has 1 aliphatic heterocycles. The van der Waals surface area contributed by atoms with Crippen LogP contribution in [0.4, 0.5) is 5.82 Å². The molecule has 3 nitrogen and oxygen atoms in total. The second-order valence-electron chi connectivity index (χ2n) is 3.08. The third-order valence-electron chi connectivity index (χ3n) is 2.21. The van der Waals surface area contributed by atoms with Gasteiger partial charge in [0.1, 0.15) is 5.82 Å². The standard InChI is InChI=1S/C9H12N2O/c10-9-2-1-7(5-11-9)8-3-4-12-6-8/h1-2,5,8H,3-4,6H2,(H2,10,11). The number of nitrogen functional groups attached to an aromatic ring is 1. The zero-order valence-electron chi connectivity index (χ0n) is 6.86. The van der Waals surface area contributed by atoms with E-state index in [0.29, 0.717) is 11.7 Å². The predicted octanol–water partition coefficient (Wildman–Crippen LogP) is 1.17. The molecule has 12 heavy (non-hydrogen) atoms. The SMILES string of the molecule is Nc1ccc(C2CCOC2)cn1. The van der Waals surface area contributed by atoms with E-state index >= 15 is 0 Å². The highest BCUT2D eigenvalue weighted by Crippen LogP contribution is 2.24. The molecule has 2 heterocycles. The molecule has 1 aromatic heterocycles. The first-order valence-corrected chi connectivity index (χ1v) is 4.15. The van der Waals surface area contributed by atoms with Crippen molar-refractivity contribution >= 4 is 5.82 Å². The summed E-state index contributed by atoms with van der Waals surface area (Å²) in [5, 5.41) is 0. The van der Waals surface area contributed by atoms with E-state index in [0.717, 1.165) is 19.6 Å². The molecule has 0 spiro atoms. The summed E-state index contributed by atoms with van der Waals surface area (Å²) in [6.45, 7) is 1.70. The molecule has 1 saturated heterocycles. The fourth-order valence-corrected chi connectivity index (χ4v) is 1.46. The van der Waals surface area contributed by atoms with Crippen molar-refractivity contribution < 1.29 is 4.74 Å². The lowest BCUT2D eigenvalue weighted by Crippen LogP contribution is -1.99. The number of hydrogen-bond acceptors (Lipinski definition) is 3. The van der Waals surface area contributed by atoms with Crippen LogP contribution in [0.2, 0.25) is 0 Å². The first-order chi connectivity index (χ1) is 5.86. The van der Waals surface area contributed by atoms with Crippen molar-refractivity contribution in [2.45, 2.75) is 12.3 Å². The van der Waals surface area contributed by atoms with Crippen LogP contribution in [-0.4, -0.2) is 18.2 Å². The van der Waals surface area contributed by atoms with E-state index < -0.39 is 0 Å². The minimum absolute atomic E-state index is 0.526. The van der Waals surface area contributed by atoms with Crippen LogP contribution in [0.15, 0.2) is 18.3 Å². The van der Waals surface area contributed by atoms with Gasteiger partial charge in [0.25, 0.3) is 0 Å². The van der Waals surface area contributed by atoms with Crippen LogP contribution in [0, 0.1) is 0 Å². The van der Waals surface area contributed by atoms with E-state index in [4.69, 9.17) is 10.5 Å². The maximum Gasteiger partial charge on any atom is 0.123 e. The highest BCUT2D eigenvalue weighted by Gasteiger charge is 2.17. The summed E-state index contributed by atoms with van der Waals surface area (Å²) in [6, 6.07) is 3.87. The molecule has 0 aliphatic carbocycles. The van der Waals surface area contributed by atoms with Crippen LogP contribution in [0.5, 0.6) is 0 Å². The van der Waals surface area contributed by atoms with Gasteiger partial charge in [-0.3, -0.25) is 0 Å². The van der Waals surface area contributed by atoms with Crippen molar-refractivity contribution in [3.63, 3.8) is 0 Å². The number of aromatic nitrogens is 1. The molecule has 64 valence electrons. The number of pyridine rings is 1. The van der Waals surface area contributed by atoms with Crippen LogP contribution in [0.25, 0.3) is 0 Å². The Morgan fingerprint density at radius 1 is 1.50 bits per heavy atom. The summed E-state index contributed by atoms with van der Waals surface area (Å²) >= 11 is 0. The lowest BCUT2D eigenvalue weighted by Gasteiger charge is -2.06. The Morgan fingerprint density at radius 3 is 3.00 bits per heavy atom. The van der Waals surface area contributed by atoms with Gasteiger partial charge in [-0.05, 0) is 18.1 Å². The lowest BCUT2D eigenvalue weighted by molar-refractivity contribution is 0.194. The van der Waals surface area contributed by atoms with Gasteiger partial charge in [-0.25, -0.2) is 4.98 Å². The maximum atomic E-state index is 5.48. The second-order valence-corrected chi connectivity index (χ2v) is 3.08. The van der Waals surface area contributed by atoms with Crippen molar-refractivity contribution in [2.24, 2.45) is 0 Å². The van der Waals surface area contributed by atoms with Gasteiger partial charge < -0.3 is 10.5 Å². The Kier molecular flexibility index (Phi) is 1.96. The molecule has 0 amide bonds. The van der Waals surface area contributed by atoms with Gasteiger partial charge in [-0.2, -0.15) is 0 Å². The van der Waals surface area contributed by atoms with Crippen molar-refractivity contribution in [1.29, 1.82) is 0 Å². The second kappa shape index (κ2) is 3.11. The van der Waals surface area contributed by atoms with Gasteiger partial charge >= 0.3 is 0 Å². The fourth-order valence-electron chi connectivity index (χ4n) is 1.46. The fraction of sp³-hybridized carbons (Fsp3) is 0.444. The largest absolute Gasteiger partial charge is 0.384 e. The number of hydrogen-bond donors (Lipinski definition) is 1. The highest BCUT2D eigenvalue weighted by molar-refractivity contribution is 5.30. The predicted molar refractivity (Wildman–Crippen MR) is 46.8 cm³/mol. The zero-order valence-corrected chi connectivity index (χ0v) is 6.86. The van der Waals surface area contributed by atoms with Gasteiger partial charge in [-0.1, -0.05) is 6.07 Å². The molecule has 3 heteroatoms. The molecule has 0 bridgehead atoms. The Balaban J connectivity index is 2.17. The lowest BCUT2D eigenvalue weighted by atomic mass is 10.0. The molecule has 2 N–H and O–H groups in total. The van der Waals surface area contributed by atoms with E-state index in [2.05, 4.69) is 4.98 Å². The summed E-state index contributed by atoms with van der Waals surface area (Å²) < 4.78 is 5.28. The van der Waals surface area contributed by atoms with Crippen molar-refractivity contribution in [3.05, 3.63) is 23.9 Å². The molecular formula is C9H12N2O. The maximum absolute atomic E-state index is 5.48. The molecule has 1 aromatic rings. The highest BCUT2D eigenvalue weighted by atomic mass is 16.5. The summed E-state index contributed by atoms with van der Waals surface area (Å²) in [5.41, 5.74) is 6.72. The Bertz CT molecular complexity index is 252. The minimum atomic E-state index is 0.526. The molecule has 2 rings (SSSR count). The van der Waals surface area contributed by atoms with Gasteiger partial charge in [-0.15, -0.1) is 0 Å². The third kappa shape index (κ3) is 1.41. The molecule has 1 aliphatic rings. The number of ether oxygens (including phenoxy) is 1. The Morgan fingerprint density at radius 2 is 2.42 bits per heavy atom. The van der Waals surface area contributed by atoms with Gasteiger partial charge in [0.15, 0.2) is 0 Å². The number of rotatable bonds is 1. The van der Waals surface area contributed by atoms with Crippen LogP contribution in [0.1, 0.15) is 17.9 Å². The van der Waals surface area contributed by atoms with Crippen LogP contribution >= 0.6 is 0 Å². The molecule has 0 aromatic carbocycles. The van der Waals surface area contributed by atoms with Gasteiger partial charge in [0, 0.05) is 18.7 Å². The van der Waals surface area contributed by atoms with E-state index in [1.54, 1.807) is 0 Å². The summed E-state index contributed by atoms with van der Waals surface area (Å²) in [6.07, 6.45) is 2.94. The molecule has 0 saturated carbocycles. The van der Waals surface area contributed by atoms with E-state index in [1.165, 1.54) is 5.56 Å². The third-order valence-corrected chi connectivity index (χ3v) is 2.21. The number of nitrogens with two attached hydrogens (primary N) is 1. The first-order valence-electron chi connectivity index (χ1n) is 4.15. The first kappa shape index (κ1) is 7.55. The number of anilines is 1. The van der Waals surface area contributed by atoms with Crippen molar-refractivity contribution in [1.82, 2.24) is 4.98 Å². The minimum Gasteiger partial charge on any atom is -0.384 e. The van der Waals surface area contributed by atoms with E-state index in [9.17, 15) is 0 Å². The van der Waals surface area contributed by atoms with E-state index in [1.807, 2.05) is 18.3 Å². The Labute approximate surface area is 71.6 Å². The van der Waals surface area contributed by atoms with Gasteiger partial charge in [0.05, 0.1) is 6.61 Å². The average molecular weight is 164 g/mol. The quantitative estimate of drug-likeness (QED) is 0.677. The molecule has 1 unspecified atom stereocenters. The summed E-state index contributed by atoms with van der Waals surface area (Å²) in [4.78, 5) is 4.05. The molecular weight excluding hydrogens is 152 g/mol.